The van der Waals surface area contributed by atoms with Crippen molar-refractivity contribution in [2.24, 2.45) is 0 Å². The highest BCUT2D eigenvalue weighted by molar-refractivity contribution is 7.89. The zero-order valence-electron chi connectivity index (χ0n) is 18.3. The molecular weight excluding hydrogens is 438 g/mol. The summed E-state index contributed by atoms with van der Waals surface area (Å²) in [6.07, 6.45) is 4.14. The number of aromatic nitrogens is 1. The van der Waals surface area contributed by atoms with E-state index < -0.39 is 15.6 Å². The van der Waals surface area contributed by atoms with Crippen LogP contribution in [0.25, 0.3) is 0 Å². The average Bonchev–Trinajstić information content (AvgIpc) is 3.36. The Morgan fingerprint density at radius 2 is 1.91 bits per heavy atom. The summed E-state index contributed by atoms with van der Waals surface area (Å²) in [5, 5.41) is 0. The predicted molar refractivity (Wildman–Crippen MR) is 123 cm³/mol. The zero-order valence-corrected chi connectivity index (χ0v) is 19.2. The SMILES string of the molecule is COc1cccc(CC(=O)N2CCC3(C2)c2ccccc2S(=O)(=O)N3Cc2cccnc2)c1. The molecule has 170 valence electrons. The molecule has 2 aliphatic rings. The number of fused-ring (bicyclic) bond motifs is 2. The fraction of sp³-hybridized carbons (Fsp3) is 0.280. The zero-order chi connectivity index (χ0) is 23.1. The van der Waals surface area contributed by atoms with Gasteiger partial charge in [-0.1, -0.05) is 36.4 Å². The first-order valence-corrected chi connectivity index (χ1v) is 12.3. The normalized spacial score (nSPS) is 21.3. The van der Waals surface area contributed by atoms with Crippen LogP contribution in [0.15, 0.2) is 78.0 Å². The summed E-state index contributed by atoms with van der Waals surface area (Å²) in [4.78, 5) is 19.5. The standard InChI is InChI=1S/C25H25N3O4S/c1-32-21-8-4-6-19(14-21)15-24(29)27-13-11-25(18-27)22-9-2-3-10-23(22)33(30,31)28(25)17-20-7-5-12-26-16-20/h2-10,12,14,16H,11,13,15,17-18H2,1H3. The van der Waals surface area contributed by atoms with Gasteiger partial charge in [0.25, 0.3) is 0 Å². The van der Waals surface area contributed by atoms with Crippen molar-refractivity contribution >= 4 is 15.9 Å². The summed E-state index contributed by atoms with van der Waals surface area (Å²) >= 11 is 0. The molecule has 1 fully saturated rings. The molecule has 7 nitrogen and oxygen atoms in total. The van der Waals surface area contributed by atoms with Crippen LogP contribution in [0.2, 0.25) is 0 Å². The van der Waals surface area contributed by atoms with Gasteiger partial charge in [-0.15, -0.1) is 0 Å². The van der Waals surface area contributed by atoms with Gasteiger partial charge in [-0.05, 0) is 47.4 Å². The lowest BCUT2D eigenvalue weighted by atomic mass is 9.88. The van der Waals surface area contributed by atoms with Crippen LogP contribution in [0.1, 0.15) is 23.1 Å². The molecule has 0 radical (unpaired) electrons. The van der Waals surface area contributed by atoms with Crippen LogP contribution >= 0.6 is 0 Å². The highest BCUT2D eigenvalue weighted by Crippen LogP contribution is 2.50. The maximum atomic E-state index is 13.6. The van der Waals surface area contributed by atoms with Gasteiger partial charge in [0.1, 0.15) is 5.75 Å². The third kappa shape index (κ3) is 3.69. The summed E-state index contributed by atoms with van der Waals surface area (Å²) in [5.74, 6) is 0.680. The quantitative estimate of drug-likeness (QED) is 0.581. The van der Waals surface area contributed by atoms with Gasteiger partial charge in [-0.2, -0.15) is 4.31 Å². The third-order valence-corrected chi connectivity index (χ3v) is 8.54. The monoisotopic (exact) mass is 463 g/mol. The molecule has 2 aromatic carbocycles. The van der Waals surface area contributed by atoms with Crippen LogP contribution in [0.3, 0.4) is 0 Å². The molecule has 3 heterocycles. The number of carbonyl (C=O) groups excluding carboxylic acids is 1. The Kier molecular flexibility index (Phi) is 5.42. The molecular formula is C25H25N3O4S. The van der Waals surface area contributed by atoms with Crippen molar-refractivity contribution in [1.29, 1.82) is 0 Å². The van der Waals surface area contributed by atoms with Gasteiger partial charge in [0.2, 0.25) is 15.9 Å². The van der Waals surface area contributed by atoms with Crippen molar-refractivity contribution in [3.63, 3.8) is 0 Å². The molecule has 0 bridgehead atoms. The van der Waals surface area contributed by atoms with Gasteiger partial charge in [0, 0.05) is 32.0 Å². The Morgan fingerprint density at radius 1 is 1.09 bits per heavy atom. The van der Waals surface area contributed by atoms with Gasteiger partial charge in [-0.3, -0.25) is 9.78 Å². The summed E-state index contributed by atoms with van der Waals surface area (Å²) in [5.41, 5.74) is 1.67. The number of sulfonamides is 1. The Morgan fingerprint density at radius 3 is 2.70 bits per heavy atom. The first-order chi connectivity index (χ1) is 15.9. The van der Waals surface area contributed by atoms with E-state index in [1.807, 2.05) is 42.5 Å². The fourth-order valence-electron chi connectivity index (χ4n) is 4.95. The number of ether oxygens (including phenoxy) is 1. The molecule has 33 heavy (non-hydrogen) atoms. The number of benzene rings is 2. The summed E-state index contributed by atoms with van der Waals surface area (Å²) in [6.45, 7) is 1.03. The first kappa shape index (κ1) is 21.6. The predicted octanol–water partition coefficient (Wildman–Crippen LogP) is 2.97. The van der Waals surface area contributed by atoms with E-state index in [0.29, 0.717) is 30.2 Å². The molecule has 8 heteroatoms. The molecule has 1 spiro atoms. The number of amides is 1. The Hall–Kier alpha value is -3.23. The maximum absolute atomic E-state index is 13.6. The first-order valence-electron chi connectivity index (χ1n) is 10.9. The molecule has 5 rings (SSSR count). The molecule has 1 unspecified atom stereocenters. The van der Waals surface area contributed by atoms with Crippen LogP contribution in [0, 0.1) is 0 Å². The van der Waals surface area contributed by atoms with Crippen LogP contribution in [-0.2, 0) is 33.3 Å². The van der Waals surface area contributed by atoms with Crippen LogP contribution in [-0.4, -0.2) is 48.7 Å². The molecule has 1 atom stereocenters. The molecule has 1 saturated heterocycles. The molecule has 2 aliphatic heterocycles. The number of nitrogens with zero attached hydrogens (tertiary/aromatic N) is 3. The van der Waals surface area contributed by atoms with E-state index in [4.69, 9.17) is 4.74 Å². The molecule has 0 N–H and O–H groups in total. The lowest BCUT2D eigenvalue weighted by molar-refractivity contribution is -0.129. The molecule has 1 amide bonds. The van der Waals surface area contributed by atoms with Crippen molar-refractivity contribution in [1.82, 2.24) is 14.2 Å². The van der Waals surface area contributed by atoms with Gasteiger partial charge in [-0.25, -0.2) is 8.42 Å². The van der Waals surface area contributed by atoms with Crippen molar-refractivity contribution in [2.45, 2.75) is 29.8 Å². The molecule has 0 aliphatic carbocycles. The average molecular weight is 464 g/mol. The van der Waals surface area contributed by atoms with Crippen LogP contribution in [0.4, 0.5) is 0 Å². The molecule has 0 saturated carbocycles. The van der Waals surface area contributed by atoms with E-state index >= 15 is 0 Å². The second-order valence-electron chi connectivity index (χ2n) is 8.49. The number of hydrogen-bond donors (Lipinski definition) is 0. The number of hydrogen-bond acceptors (Lipinski definition) is 5. The van der Waals surface area contributed by atoms with E-state index in [1.54, 1.807) is 46.9 Å². The smallest absolute Gasteiger partial charge is 0.244 e. The lowest BCUT2D eigenvalue weighted by Gasteiger charge is -2.34. The molecule has 1 aromatic heterocycles. The minimum absolute atomic E-state index is 0.0248. The van der Waals surface area contributed by atoms with Gasteiger partial charge in [0.15, 0.2) is 0 Å². The van der Waals surface area contributed by atoms with Crippen LogP contribution < -0.4 is 4.74 Å². The Bertz CT molecular complexity index is 1300. The summed E-state index contributed by atoms with van der Waals surface area (Å²) in [7, 11) is -2.11. The van der Waals surface area contributed by atoms with Gasteiger partial charge >= 0.3 is 0 Å². The third-order valence-electron chi connectivity index (χ3n) is 6.57. The summed E-state index contributed by atoms with van der Waals surface area (Å²) in [6, 6.07) is 18.3. The number of pyridine rings is 1. The number of methoxy groups -OCH3 is 1. The highest BCUT2D eigenvalue weighted by Gasteiger charge is 2.57. The second kappa shape index (κ2) is 8.28. The van der Waals surface area contributed by atoms with E-state index in [9.17, 15) is 13.2 Å². The topological polar surface area (TPSA) is 79.8 Å². The fourth-order valence-corrected chi connectivity index (χ4v) is 7.00. The minimum Gasteiger partial charge on any atom is -0.497 e. The van der Waals surface area contributed by atoms with Crippen molar-refractivity contribution in [3.05, 3.63) is 89.7 Å². The lowest BCUT2D eigenvalue weighted by Crippen LogP contribution is -2.46. The van der Waals surface area contributed by atoms with Gasteiger partial charge < -0.3 is 9.64 Å². The minimum atomic E-state index is -3.70. The number of carbonyl (C=O) groups is 1. The van der Waals surface area contributed by atoms with Gasteiger partial charge in [0.05, 0.1) is 24.0 Å². The van der Waals surface area contributed by atoms with Crippen molar-refractivity contribution in [3.8, 4) is 5.75 Å². The van der Waals surface area contributed by atoms with E-state index in [-0.39, 0.29) is 18.9 Å². The van der Waals surface area contributed by atoms with E-state index in [2.05, 4.69) is 4.98 Å². The van der Waals surface area contributed by atoms with E-state index in [1.165, 1.54) is 0 Å². The maximum Gasteiger partial charge on any atom is 0.244 e. The number of rotatable bonds is 5. The summed E-state index contributed by atoms with van der Waals surface area (Å²) < 4.78 is 34.0. The molecule has 3 aromatic rings. The van der Waals surface area contributed by atoms with E-state index in [0.717, 1.165) is 16.7 Å². The second-order valence-corrected chi connectivity index (χ2v) is 10.3. The largest absolute Gasteiger partial charge is 0.497 e. The van der Waals surface area contributed by atoms with Crippen molar-refractivity contribution < 1.29 is 17.9 Å². The Balaban J connectivity index is 1.47. The highest BCUT2D eigenvalue weighted by atomic mass is 32.2. The number of likely N-dealkylation sites (tertiary alicyclic amines) is 1. The van der Waals surface area contributed by atoms with Crippen LogP contribution in [0.5, 0.6) is 5.75 Å². The van der Waals surface area contributed by atoms with Crippen molar-refractivity contribution in [2.75, 3.05) is 20.2 Å². The Labute approximate surface area is 193 Å².